The van der Waals surface area contributed by atoms with Gasteiger partial charge >= 0.3 is 5.97 Å². The van der Waals surface area contributed by atoms with Crippen molar-refractivity contribution in [1.29, 1.82) is 0 Å². The Morgan fingerprint density at radius 2 is 1.79 bits per heavy atom. The second kappa shape index (κ2) is 4.75. The Labute approximate surface area is 85.8 Å². The maximum atomic E-state index is 10.9. The molecule has 0 saturated heterocycles. The highest BCUT2D eigenvalue weighted by molar-refractivity contribution is 5.73. The van der Waals surface area contributed by atoms with Crippen LogP contribution in [0.3, 0.4) is 0 Å². The van der Waals surface area contributed by atoms with E-state index in [0.717, 1.165) is 0 Å². The summed E-state index contributed by atoms with van der Waals surface area (Å²) >= 11 is 0. The van der Waals surface area contributed by atoms with Crippen LogP contribution in [0.2, 0.25) is 0 Å². The first-order valence-corrected chi connectivity index (χ1v) is 4.80. The summed E-state index contributed by atoms with van der Waals surface area (Å²) in [6.07, 6.45) is 0. The Bertz CT molecular complexity index is 196. The van der Waals surface area contributed by atoms with Crippen LogP contribution in [-0.4, -0.2) is 34.8 Å². The SMILES string of the molecule is CC(C)[C@@H](C(=O)O)N(C)OC(C)(C)C. The Balaban J connectivity index is 4.46. The Hall–Kier alpha value is -0.610. The van der Waals surface area contributed by atoms with Crippen molar-refractivity contribution in [3.63, 3.8) is 0 Å². The van der Waals surface area contributed by atoms with E-state index < -0.39 is 12.0 Å². The Morgan fingerprint density at radius 1 is 1.36 bits per heavy atom. The number of hydrogen-bond donors (Lipinski definition) is 1. The number of carbonyl (C=O) groups is 1. The van der Waals surface area contributed by atoms with Crippen molar-refractivity contribution in [2.45, 2.75) is 46.3 Å². The predicted molar refractivity (Wildman–Crippen MR) is 54.9 cm³/mol. The number of aliphatic carboxylic acids is 1. The third-order valence-electron chi connectivity index (χ3n) is 1.69. The minimum Gasteiger partial charge on any atom is -0.480 e. The van der Waals surface area contributed by atoms with Crippen molar-refractivity contribution in [2.24, 2.45) is 5.92 Å². The van der Waals surface area contributed by atoms with Crippen molar-refractivity contribution < 1.29 is 14.7 Å². The molecule has 0 aromatic rings. The molecule has 0 heterocycles. The topological polar surface area (TPSA) is 49.8 Å². The lowest BCUT2D eigenvalue weighted by atomic mass is 10.1. The van der Waals surface area contributed by atoms with Crippen LogP contribution in [0, 0.1) is 5.92 Å². The normalized spacial score (nSPS) is 14.9. The van der Waals surface area contributed by atoms with Crippen molar-refractivity contribution in [3.05, 3.63) is 0 Å². The molecular formula is C10H21NO3. The highest BCUT2D eigenvalue weighted by Gasteiger charge is 2.29. The summed E-state index contributed by atoms with van der Waals surface area (Å²) in [5.41, 5.74) is -0.364. The van der Waals surface area contributed by atoms with Gasteiger partial charge < -0.3 is 5.11 Å². The monoisotopic (exact) mass is 203 g/mol. The van der Waals surface area contributed by atoms with Gasteiger partial charge in [-0.05, 0) is 26.7 Å². The predicted octanol–water partition coefficient (Wildman–Crippen LogP) is 1.76. The van der Waals surface area contributed by atoms with Crippen LogP contribution in [0.25, 0.3) is 0 Å². The molecule has 4 nitrogen and oxygen atoms in total. The summed E-state index contributed by atoms with van der Waals surface area (Å²) in [6.45, 7) is 9.40. The standard InChI is InChI=1S/C10H21NO3/c1-7(2)8(9(12)13)11(6)14-10(3,4)5/h7-8H,1-6H3,(H,12,13)/t8-/m0/s1. The summed E-state index contributed by atoms with van der Waals surface area (Å²) in [5.74, 6) is -0.841. The second-order valence-corrected chi connectivity index (χ2v) is 4.78. The molecule has 0 aliphatic rings. The zero-order valence-corrected chi connectivity index (χ0v) is 9.87. The van der Waals surface area contributed by atoms with E-state index in [-0.39, 0.29) is 11.5 Å². The van der Waals surface area contributed by atoms with Gasteiger partial charge in [0.1, 0.15) is 6.04 Å². The van der Waals surface area contributed by atoms with Crippen LogP contribution in [0.15, 0.2) is 0 Å². The molecule has 14 heavy (non-hydrogen) atoms. The van der Waals surface area contributed by atoms with E-state index in [0.29, 0.717) is 0 Å². The van der Waals surface area contributed by atoms with Gasteiger partial charge in [-0.1, -0.05) is 13.8 Å². The van der Waals surface area contributed by atoms with Gasteiger partial charge in [-0.2, -0.15) is 5.06 Å². The molecule has 4 heteroatoms. The Kier molecular flexibility index (Phi) is 4.55. The molecule has 0 fully saturated rings. The van der Waals surface area contributed by atoms with Crippen LogP contribution >= 0.6 is 0 Å². The number of likely N-dealkylation sites (N-methyl/N-ethyl adjacent to an activating group) is 1. The van der Waals surface area contributed by atoms with Gasteiger partial charge in [-0.15, -0.1) is 0 Å². The highest BCUT2D eigenvalue weighted by atomic mass is 16.7. The average molecular weight is 203 g/mol. The van der Waals surface area contributed by atoms with Crippen molar-refractivity contribution >= 4 is 5.97 Å². The number of hydroxylamine groups is 2. The van der Waals surface area contributed by atoms with Crippen molar-refractivity contribution in [1.82, 2.24) is 5.06 Å². The first-order chi connectivity index (χ1) is 6.15. The first-order valence-electron chi connectivity index (χ1n) is 4.80. The minimum absolute atomic E-state index is 0.0137. The molecule has 0 rings (SSSR count). The molecule has 0 bridgehead atoms. The van der Waals surface area contributed by atoms with E-state index in [4.69, 9.17) is 9.94 Å². The third kappa shape index (κ3) is 4.58. The smallest absolute Gasteiger partial charge is 0.323 e. The molecule has 0 amide bonds. The molecular weight excluding hydrogens is 182 g/mol. The maximum absolute atomic E-state index is 10.9. The fourth-order valence-corrected chi connectivity index (χ4v) is 1.35. The van der Waals surface area contributed by atoms with E-state index in [1.807, 2.05) is 34.6 Å². The molecule has 0 radical (unpaired) electrons. The molecule has 84 valence electrons. The number of rotatable bonds is 4. The van der Waals surface area contributed by atoms with Gasteiger partial charge in [-0.3, -0.25) is 9.63 Å². The molecule has 0 aromatic heterocycles. The number of carboxylic acids is 1. The first kappa shape index (κ1) is 13.4. The van der Waals surface area contributed by atoms with Crippen LogP contribution < -0.4 is 0 Å². The summed E-state index contributed by atoms with van der Waals surface area (Å²) in [6, 6.07) is -0.603. The fourth-order valence-electron chi connectivity index (χ4n) is 1.35. The van der Waals surface area contributed by atoms with Gasteiger partial charge in [0.05, 0.1) is 5.60 Å². The molecule has 1 N–H and O–H groups in total. The van der Waals surface area contributed by atoms with Gasteiger partial charge in [0.15, 0.2) is 0 Å². The lowest BCUT2D eigenvalue weighted by Crippen LogP contribution is -2.45. The fraction of sp³-hybridized carbons (Fsp3) is 0.900. The number of nitrogens with zero attached hydrogens (tertiary/aromatic N) is 1. The zero-order valence-electron chi connectivity index (χ0n) is 9.87. The third-order valence-corrected chi connectivity index (χ3v) is 1.69. The largest absolute Gasteiger partial charge is 0.480 e. The van der Waals surface area contributed by atoms with Crippen LogP contribution in [0.4, 0.5) is 0 Å². The highest BCUT2D eigenvalue weighted by Crippen LogP contribution is 2.16. The molecule has 0 aliphatic heterocycles. The van der Waals surface area contributed by atoms with Gasteiger partial charge in [0.25, 0.3) is 0 Å². The van der Waals surface area contributed by atoms with Crippen LogP contribution in [0.5, 0.6) is 0 Å². The minimum atomic E-state index is -0.855. The molecule has 0 spiro atoms. The molecule has 0 aliphatic carbocycles. The quantitative estimate of drug-likeness (QED) is 0.707. The lowest BCUT2D eigenvalue weighted by molar-refractivity contribution is -0.242. The van der Waals surface area contributed by atoms with Crippen molar-refractivity contribution in [3.8, 4) is 0 Å². The number of carboxylic acid groups (broad SMARTS) is 1. The van der Waals surface area contributed by atoms with Crippen LogP contribution in [0.1, 0.15) is 34.6 Å². The summed E-state index contributed by atoms with van der Waals surface area (Å²) < 4.78 is 0. The second-order valence-electron chi connectivity index (χ2n) is 4.78. The van der Waals surface area contributed by atoms with E-state index >= 15 is 0 Å². The van der Waals surface area contributed by atoms with Crippen molar-refractivity contribution in [2.75, 3.05) is 7.05 Å². The number of hydrogen-bond acceptors (Lipinski definition) is 3. The maximum Gasteiger partial charge on any atom is 0.323 e. The van der Waals surface area contributed by atoms with E-state index in [2.05, 4.69) is 0 Å². The van der Waals surface area contributed by atoms with E-state index in [1.54, 1.807) is 7.05 Å². The van der Waals surface area contributed by atoms with Gasteiger partial charge in [0, 0.05) is 7.05 Å². The lowest BCUT2D eigenvalue weighted by Gasteiger charge is -2.32. The Morgan fingerprint density at radius 3 is 2.00 bits per heavy atom. The molecule has 0 aromatic carbocycles. The molecule has 0 saturated carbocycles. The summed E-state index contributed by atoms with van der Waals surface area (Å²) in [5, 5.41) is 10.4. The van der Waals surface area contributed by atoms with Gasteiger partial charge in [-0.25, -0.2) is 0 Å². The molecule has 0 unspecified atom stereocenters. The van der Waals surface area contributed by atoms with E-state index in [1.165, 1.54) is 5.06 Å². The zero-order chi connectivity index (χ0) is 11.5. The average Bonchev–Trinajstić information content (AvgIpc) is 1.78. The van der Waals surface area contributed by atoms with E-state index in [9.17, 15) is 4.79 Å². The summed E-state index contributed by atoms with van der Waals surface area (Å²) in [4.78, 5) is 16.4. The summed E-state index contributed by atoms with van der Waals surface area (Å²) in [7, 11) is 1.66. The van der Waals surface area contributed by atoms with Gasteiger partial charge in [0.2, 0.25) is 0 Å². The molecule has 1 atom stereocenters. The van der Waals surface area contributed by atoms with Crippen LogP contribution in [-0.2, 0) is 9.63 Å².